The maximum absolute atomic E-state index is 12.5. The minimum Gasteiger partial charge on any atom is -0.497 e. The maximum Gasteiger partial charge on any atom is 0.251 e. The largest absolute Gasteiger partial charge is 0.497 e. The van der Waals surface area contributed by atoms with Gasteiger partial charge in [-0.05, 0) is 53.6 Å². The highest BCUT2D eigenvalue weighted by Gasteiger charge is 2.08. The van der Waals surface area contributed by atoms with Crippen molar-refractivity contribution in [3.05, 3.63) is 103 Å². The number of benzene rings is 3. The van der Waals surface area contributed by atoms with Crippen molar-refractivity contribution in [1.29, 1.82) is 0 Å². The molecule has 0 saturated heterocycles. The van der Waals surface area contributed by atoms with E-state index in [2.05, 4.69) is 15.3 Å². The van der Waals surface area contributed by atoms with Crippen molar-refractivity contribution in [3.8, 4) is 28.1 Å². The predicted octanol–water partition coefficient (Wildman–Crippen LogP) is 4.75. The van der Waals surface area contributed by atoms with Gasteiger partial charge in [-0.2, -0.15) is 0 Å². The van der Waals surface area contributed by atoms with E-state index in [0.717, 1.165) is 33.8 Å². The molecule has 0 spiro atoms. The van der Waals surface area contributed by atoms with Gasteiger partial charge in [-0.15, -0.1) is 0 Å². The van der Waals surface area contributed by atoms with Gasteiger partial charge in [0.1, 0.15) is 12.1 Å². The van der Waals surface area contributed by atoms with Gasteiger partial charge >= 0.3 is 0 Å². The minimum absolute atomic E-state index is 0.140. The third-order valence-corrected chi connectivity index (χ3v) is 4.79. The molecule has 1 heterocycles. The van der Waals surface area contributed by atoms with E-state index in [-0.39, 0.29) is 5.91 Å². The van der Waals surface area contributed by atoms with E-state index in [4.69, 9.17) is 4.74 Å². The molecule has 5 heteroatoms. The van der Waals surface area contributed by atoms with Crippen LogP contribution >= 0.6 is 0 Å². The summed E-state index contributed by atoms with van der Waals surface area (Å²) in [6, 6.07) is 27.2. The summed E-state index contributed by atoms with van der Waals surface area (Å²) in [6.45, 7) is 0.324. The highest BCUT2D eigenvalue weighted by molar-refractivity contribution is 5.94. The van der Waals surface area contributed by atoms with Crippen LogP contribution in [0.15, 0.2) is 91.3 Å². The first-order valence-electron chi connectivity index (χ1n) is 9.62. The standard InChI is InChI=1S/C25H21N3O2/c1-30-23-13-11-20(12-14-23)24-15-22(27-17-28-24)16-26-25(29)21-9-7-19(8-10-21)18-5-3-2-4-6-18/h2-15,17H,16H2,1H3,(H,26,29). The summed E-state index contributed by atoms with van der Waals surface area (Å²) in [5.41, 5.74) is 5.30. The third-order valence-electron chi connectivity index (χ3n) is 4.79. The van der Waals surface area contributed by atoms with Crippen LogP contribution in [0.3, 0.4) is 0 Å². The van der Waals surface area contributed by atoms with Crippen molar-refractivity contribution in [1.82, 2.24) is 15.3 Å². The van der Waals surface area contributed by atoms with Crippen molar-refractivity contribution in [2.24, 2.45) is 0 Å². The van der Waals surface area contributed by atoms with Gasteiger partial charge in [0.25, 0.3) is 5.91 Å². The number of amides is 1. The summed E-state index contributed by atoms with van der Waals surface area (Å²) in [4.78, 5) is 21.1. The zero-order valence-electron chi connectivity index (χ0n) is 16.6. The number of ether oxygens (including phenoxy) is 1. The fraction of sp³-hybridized carbons (Fsp3) is 0.0800. The van der Waals surface area contributed by atoms with Gasteiger partial charge in [0.05, 0.1) is 25.0 Å². The summed E-state index contributed by atoms with van der Waals surface area (Å²) >= 11 is 0. The summed E-state index contributed by atoms with van der Waals surface area (Å²) in [5.74, 6) is 0.651. The fourth-order valence-electron chi connectivity index (χ4n) is 3.13. The summed E-state index contributed by atoms with van der Waals surface area (Å²) < 4.78 is 5.19. The Hall–Kier alpha value is -3.99. The Morgan fingerprint density at radius 3 is 2.20 bits per heavy atom. The molecule has 0 aliphatic rings. The van der Waals surface area contributed by atoms with Crippen molar-refractivity contribution < 1.29 is 9.53 Å². The molecule has 0 aliphatic carbocycles. The first-order valence-corrected chi connectivity index (χ1v) is 9.62. The monoisotopic (exact) mass is 395 g/mol. The van der Waals surface area contributed by atoms with Crippen molar-refractivity contribution in [2.75, 3.05) is 7.11 Å². The van der Waals surface area contributed by atoms with Crippen LogP contribution < -0.4 is 10.1 Å². The number of nitrogens with zero attached hydrogens (tertiary/aromatic N) is 2. The van der Waals surface area contributed by atoms with Crippen LogP contribution in [0.4, 0.5) is 0 Å². The van der Waals surface area contributed by atoms with E-state index in [1.54, 1.807) is 7.11 Å². The summed E-state index contributed by atoms with van der Waals surface area (Å²) in [5, 5.41) is 2.92. The van der Waals surface area contributed by atoms with Gasteiger partial charge in [-0.1, -0.05) is 42.5 Å². The summed E-state index contributed by atoms with van der Waals surface area (Å²) in [6.07, 6.45) is 1.51. The highest BCUT2D eigenvalue weighted by Crippen LogP contribution is 2.21. The average Bonchev–Trinajstić information content (AvgIpc) is 2.83. The fourth-order valence-corrected chi connectivity index (χ4v) is 3.13. The van der Waals surface area contributed by atoms with Crippen LogP contribution in [0.5, 0.6) is 5.75 Å². The SMILES string of the molecule is COc1ccc(-c2cc(CNC(=O)c3ccc(-c4ccccc4)cc3)ncn2)cc1. The molecule has 0 aliphatic heterocycles. The van der Waals surface area contributed by atoms with Crippen LogP contribution in [-0.2, 0) is 6.54 Å². The third kappa shape index (κ3) is 4.52. The maximum atomic E-state index is 12.5. The smallest absolute Gasteiger partial charge is 0.251 e. The first-order chi connectivity index (χ1) is 14.7. The Labute approximate surface area is 175 Å². The molecular weight excluding hydrogens is 374 g/mol. The minimum atomic E-state index is -0.140. The lowest BCUT2D eigenvalue weighted by atomic mass is 10.0. The molecule has 0 atom stereocenters. The normalized spacial score (nSPS) is 10.4. The zero-order chi connectivity index (χ0) is 20.8. The molecule has 0 radical (unpaired) electrons. The van der Waals surface area contributed by atoms with Gasteiger partial charge in [0.15, 0.2) is 0 Å². The Bertz CT molecular complexity index is 1130. The molecule has 3 aromatic carbocycles. The Morgan fingerprint density at radius 2 is 1.50 bits per heavy atom. The number of methoxy groups -OCH3 is 1. The predicted molar refractivity (Wildman–Crippen MR) is 117 cm³/mol. The van der Waals surface area contributed by atoms with Crippen LogP contribution in [-0.4, -0.2) is 23.0 Å². The van der Waals surface area contributed by atoms with E-state index in [0.29, 0.717) is 12.1 Å². The lowest BCUT2D eigenvalue weighted by Gasteiger charge is -2.08. The van der Waals surface area contributed by atoms with Crippen molar-refractivity contribution in [2.45, 2.75) is 6.54 Å². The Kier molecular flexibility index (Phi) is 5.80. The number of nitrogens with one attached hydrogen (secondary N) is 1. The van der Waals surface area contributed by atoms with E-state index < -0.39 is 0 Å². The molecule has 1 aromatic heterocycles. The summed E-state index contributed by atoms with van der Waals surface area (Å²) in [7, 11) is 1.63. The van der Waals surface area contributed by atoms with Gasteiger partial charge < -0.3 is 10.1 Å². The van der Waals surface area contributed by atoms with E-state index in [9.17, 15) is 4.79 Å². The molecule has 1 N–H and O–H groups in total. The van der Waals surface area contributed by atoms with Gasteiger partial charge in [-0.25, -0.2) is 9.97 Å². The van der Waals surface area contributed by atoms with Gasteiger partial charge in [-0.3, -0.25) is 4.79 Å². The molecule has 4 aromatic rings. The Balaban J connectivity index is 1.41. The average molecular weight is 395 g/mol. The highest BCUT2D eigenvalue weighted by atomic mass is 16.5. The quantitative estimate of drug-likeness (QED) is 0.512. The number of carbonyl (C=O) groups is 1. The number of hydrogen-bond donors (Lipinski definition) is 1. The number of carbonyl (C=O) groups excluding carboxylic acids is 1. The Morgan fingerprint density at radius 1 is 0.833 bits per heavy atom. The second-order valence-corrected chi connectivity index (χ2v) is 6.75. The number of rotatable bonds is 6. The van der Waals surface area contributed by atoms with Crippen molar-refractivity contribution >= 4 is 5.91 Å². The molecule has 5 nitrogen and oxygen atoms in total. The second-order valence-electron chi connectivity index (χ2n) is 6.75. The number of aromatic nitrogens is 2. The number of hydrogen-bond acceptors (Lipinski definition) is 4. The molecule has 1 amide bonds. The van der Waals surface area contributed by atoms with E-state index in [1.807, 2.05) is 84.9 Å². The van der Waals surface area contributed by atoms with E-state index >= 15 is 0 Å². The van der Waals surface area contributed by atoms with Crippen molar-refractivity contribution in [3.63, 3.8) is 0 Å². The lowest BCUT2D eigenvalue weighted by Crippen LogP contribution is -2.23. The molecule has 0 saturated carbocycles. The van der Waals surface area contributed by atoms with Gasteiger partial charge in [0, 0.05) is 11.1 Å². The van der Waals surface area contributed by atoms with Crippen LogP contribution in [0.2, 0.25) is 0 Å². The lowest BCUT2D eigenvalue weighted by molar-refractivity contribution is 0.0950. The van der Waals surface area contributed by atoms with Crippen LogP contribution in [0.25, 0.3) is 22.4 Å². The van der Waals surface area contributed by atoms with Gasteiger partial charge in [0.2, 0.25) is 0 Å². The molecule has 30 heavy (non-hydrogen) atoms. The molecule has 0 fully saturated rings. The molecule has 0 bridgehead atoms. The first kappa shape index (κ1) is 19.3. The second kappa shape index (κ2) is 9.01. The zero-order valence-corrected chi connectivity index (χ0v) is 16.6. The molecule has 4 rings (SSSR count). The topological polar surface area (TPSA) is 64.1 Å². The molecular formula is C25H21N3O2. The van der Waals surface area contributed by atoms with Crippen LogP contribution in [0, 0.1) is 0 Å². The van der Waals surface area contributed by atoms with E-state index in [1.165, 1.54) is 6.33 Å². The molecule has 0 unspecified atom stereocenters. The molecule has 148 valence electrons. The van der Waals surface area contributed by atoms with Crippen LogP contribution in [0.1, 0.15) is 16.1 Å².